The molecule has 1 amide bonds. The number of nitrogens with zero attached hydrogens (tertiary/aromatic N) is 2. The van der Waals surface area contributed by atoms with Crippen LogP contribution in [0.4, 0.5) is 0 Å². The summed E-state index contributed by atoms with van der Waals surface area (Å²) < 4.78 is 0. The van der Waals surface area contributed by atoms with E-state index in [1.54, 1.807) is 29.4 Å². The minimum absolute atomic E-state index is 0.0154. The highest BCUT2D eigenvalue weighted by molar-refractivity contribution is 5.91. The van der Waals surface area contributed by atoms with Crippen LogP contribution in [0.3, 0.4) is 0 Å². The van der Waals surface area contributed by atoms with Crippen molar-refractivity contribution in [3.05, 3.63) is 71.6 Å². The van der Waals surface area contributed by atoms with E-state index in [2.05, 4.69) is 36.2 Å². The van der Waals surface area contributed by atoms with Crippen molar-refractivity contribution in [1.29, 1.82) is 0 Å². The number of likely N-dealkylation sites (N-methyl/N-ethyl adjacent to an activating group) is 1. The maximum atomic E-state index is 12.1. The van der Waals surface area contributed by atoms with Crippen LogP contribution in [0.15, 0.2) is 54.9 Å². The Morgan fingerprint density at radius 3 is 2.52 bits per heavy atom. The third kappa shape index (κ3) is 4.56. The number of rotatable bonds is 5. The maximum Gasteiger partial charge on any atom is 0.246 e. The molecule has 2 rings (SSSR count). The summed E-state index contributed by atoms with van der Waals surface area (Å²) in [6, 6.07) is 12.1. The van der Waals surface area contributed by atoms with Gasteiger partial charge in [0, 0.05) is 32.1 Å². The number of aryl methyl sites for hydroxylation is 1. The van der Waals surface area contributed by atoms with Gasteiger partial charge in [0.1, 0.15) is 0 Å². The molecule has 0 N–H and O–H groups in total. The van der Waals surface area contributed by atoms with Crippen LogP contribution in [0.5, 0.6) is 0 Å². The Labute approximate surface area is 125 Å². The van der Waals surface area contributed by atoms with Gasteiger partial charge in [0.15, 0.2) is 0 Å². The van der Waals surface area contributed by atoms with Crippen LogP contribution in [0.2, 0.25) is 0 Å². The maximum absolute atomic E-state index is 12.1. The molecule has 1 aromatic carbocycles. The van der Waals surface area contributed by atoms with Gasteiger partial charge in [-0.1, -0.05) is 37.3 Å². The Morgan fingerprint density at radius 2 is 1.90 bits per heavy atom. The molecule has 0 saturated heterocycles. The molecule has 1 aromatic heterocycles. The average molecular weight is 280 g/mol. The molecule has 0 unspecified atom stereocenters. The summed E-state index contributed by atoms with van der Waals surface area (Å²) in [6.45, 7) is 2.74. The van der Waals surface area contributed by atoms with E-state index in [4.69, 9.17) is 0 Å². The topological polar surface area (TPSA) is 33.2 Å². The van der Waals surface area contributed by atoms with E-state index in [0.29, 0.717) is 6.54 Å². The Morgan fingerprint density at radius 1 is 1.19 bits per heavy atom. The molecular formula is C18H20N2O. The lowest BCUT2D eigenvalue weighted by atomic mass is 10.1. The first-order valence-electron chi connectivity index (χ1n) is 7.10. The summed E-state index contributed by atoms with van der Waals surface area (Å²) in [4.78, 5) is 17.8. The Hall–Kier alpha value is -2.42. The van der Waals surface area contributed by atoms with Crippen LogP contribution >= 0.6 is 0 Å². The fourth-order valence-corrected chi connectivity index (χ4v) is 2.00. The fourth-order valence-electron chi connectivity index (χ4n) is 2.00. The summed E-state index contributed by atoms with van der Waals surface area (Å²) in [6.07, 6.45) is 7.84. The van der Waals surface area contributed by atoms with Gasteiger partial charge in [-0.25, -0.2) is 0 Å². The van der Waals surface area contributed by atoms with Crippen molar-refractivity contribution in [2.75, 3.05) is 7.05 Å². The van der Waals surface area contributed by atoms with Crippen molar-refractivity contribution in [2.24, 2.45) is 0 Å². The molecule has 0 saturated carbocycles. The first kappa shape index (κ1) is 15.0. The number of aromatic nitrogens is 1. The van der Waals surface area contributed by atoms with Crippen LogP contribution in [0.1, 0.15) is 23.6 Å². The predicted molar refractivity (Wildman–Crippen MR) is 85.6 cm³/mol. The van der Waals surface area contributed by atoms with Crippen molar-refractivity contribution in [1.82, 2.24) is 9.88 Å². The molecule has 2 aromatic rings. The third-order valence-electron chi connectivity index (χ3n) is 3.33. The van der Waals surface area contributed by atoms with Crippen molar-refractivity contribution in [3.8, 4) is 0 Å². The van der Waals surface area contributed by atoms with Gasteiger partial charge in [-0.05, 0) is 35.3 Å². The van der Waals surface area contributed by atoms with E-state index in [1.807, 2.05) is 19.2 Å². The van der Waals surface area contributed by atoms with Crippen LogP contribution in [-0.2, 0) is 17.8 Å². The molecule has 0 atom stereocenters. The monoisotopic (exact) mass is 280 g/mol. The van der Waals surface area contributed by atoms with Crippen molar-refractivity contribution >= 4 is 12.0 Å². The van der Waals surface area contributed by atoms with Gasteiger partial charge in [-0.2, -0.15) is 0 Å². The highest BCUT2D eigenvalue weighted by Crippen LogP contribution is 2.08. The smallest absolute Gasteiger partial charge is 0.246 e. The van der Waals surface area contributed by atoms with E-state index in [1.165, 1.54) is 5.56 Å². The van der Waals surface area contributed by atoms with Gasteiger partial charge in [-0.3, -0.25) is 9.78 Å². The standard InChI is InChI=1S/C18H20N2O/c1-3-15-6-8-17(9-7-15)14-20(2)18(21)11-10-16-5-4-12-19-13-16/h4-13H,3,14H2,1-2H3/b11-10+. The van der Waals surface area contributed by atoms with E-state index in [9.17, 15) is 4.79 Å². The Balaban J connectivity index is 1.94. The number of hydrogen-bond acceptors (Lipinski definition) is 2. The van der Waals surface area contributed by atoms with Crippen molar-refractivity contribution < 1.29 is 4.79 Å². The van der Waals surface area contributed by atoms with Crippen molar-refractivity contribution in [2.45, 2.75) is 19.9 Å². The minimum atomic E-state index is -0.0154. The van der Waals surface area contributed by atoms with E-state index in [-0.39, 0.29) is 5.91 Å². The second-order valence-electron chi connectivity index (χ2n) is 4.98. The van der Waals surface area contributed by atoms with E-state index in [0.717, 1.165) is 17.5 Å². The van der Waals surface area contributed by atoms with Gasteiger partial charge in [0.25, 0.3) is 0 Å². The molecule has 0 spiro atoms. The molecule has 0 aliphatic carbocycles. The van der Waals surface area contributed by atoms with Gasteiger partial charge in [0.2, 0.25) is 5.91 Å². The highest BCUT2D eigenvalue weighted by Gasteiger charge is 2.05. The fraction of sp³-hybridized carbons (Fsp3) is 0.222. The number of carbonyl (C=O) groups is 1. The molecule has 21 heavy (non-hydrogen) atoms. The summed E-state index contributed by atoms with van der Waals surface area (Å²) in [5, 5.41) is 0. The van der Waals surface area contributed by atoms with E-state index < -0.39 is 0 Å². The van der Waals surface area contributed by atoms with Crippen LogP contribution in [-0.4, -0.2) is 22.8 Å². The van der Waals surface area contributed by atoms with Crippen LogP contribution in [0, 0.1) is 0 Å². The number of amides is 1. The lowest BCUT2D eigenvalue weighted by Gasteiger charge is -2.15. The quantitative estimate of drug-likeness (QED) is 0.787. The van der Waals surface area contributed by atoms with Gasteiger partial charge < -0.3 is 4.90 Å². The summed E-state index contributed by atoms with van der Waals surface area (Å²) in [5.74, 6) is -0.0154. The zero-order chi connectivity index (χ0) is 15.1. The minimum Gasteiger partial charge on any atom is -0.338 e. The molecule has 0 fully saturated rings. The van der Waals surface area contributed by atoms with Crippen molar-refractivity contribution in [3.63, 3.8) is 0 Å². The summed E-state index contributed by atoms with van der Waals surface area (Å²) >= 11 is 0. The third-order valence-corrected chi connectivity index (χ3v) is 3.33. The molecule has 108 valence electrons. The largest absolute Gasteiger partial charge is 0.338 e. The second kappa shape index (κ2) is 7.39. The Kier molecular flexibility index (Phi) is 5.27. The lowest BCUT2D eigenvalue weighted by Crippen LogP contribution is -2.24. The second-order valence-corrected chi connectivity index (χ2v) is 4.98. The average Bonchev–Trinajstić information content (AvgIpc) is 2.54. The van der Waals surface area contributed by atoms with Crippen LogP contribution in [0.25, 0.3) is 6.08 Å². The highest BCUT2D eigenvalue weighted by atomic mass is 16.2. The molecule has 0 radical (unpaired) electrons. The molecule has 3 nitrogen and oxygen atoms in total. The van der Waals surface area contributed by atoms with Crippen LogP contribution < -0.4 is 0 Å². The first-order valence-corrected chi connectivity index (χ1v) is 7.10. The summed E-state index contributed by atoms with van der Waals surface area (Å²) in [5.41, 5.74) is 3.37. The van der Waals surface area contributed by atoms with Gasteiger partial charge >= 0.3 is 0 Å². The number of benzene rings is 1. The molecular weight excluding hydrogens is 260 g/mol. The summed E-state index contributed by atoms with van der Waals surface area (Å²) in [7, 11) is 1.81. The molecule has 0 aliphatic heterocycles. The first-order chi connectivity index (χ1) is 10.2. The molecule has 0 bridgehead atoms. The Bertz CT molecular complexity index is 603. The van der Waals surface area contributed by atoms with E-state index >= 15 is 0 Å². The normalized spacial score (nSPS) is 10.8. The molecule has 0 aliphatic rings. The van der Waals surface area contributed by atoms with Gasteiger partial charge in [-0.15, -0.1) is 0 Å². The zero-order valence-electron chi connectivity index (χ0n) is 12.5. The molecule has 3 heteroatoms. The van der Waals surface area contributed by atoms with Gasteiger partial charge in [0.05, 0.1) is 0 Å². The number of hydrogen-bond donors (Lipinski definition) is 0. The SMILES string of the molecule is CCc1ccc(CN(C)C(=O)/C=C/c2cccnc2)cc1. The lowest BCUT2D eigenvalue weighted by molar-refractivity contribution is -0.125. The molecule has 1 heterocycles. The number of pyridine rings is 1. The zero-order valence-corrected chi connectivity index (χ0v) is 12.5. The number of carbonyl (C=O) groups excluding carboxylic acids is 1. The predicted octanol–water partition coefficient (Wildman–Crippen LogP) is 3.32.